The number of rotatable bonds is 5. The molecule has 2 aromatic rings. The summed E-state index contributed by atoms with van der Waals surface area (Å²) in [5.41, 5.74) is 0.0883. The maximum absolute atomic E-state index is 12.8. The molecule has 1 nitrogen and oxygen atoms in total. The molecule has 0 heterocycles. The third-order valence-electron chi connectivity index (χ3n) is 4.52. The molecule has 0 saturated heterocycles. The zero-order valence-electron chi connectivity index (χ0n) is 14.0. The second kappa shape index (κ2) is 6.93. The van der Waals surface area contributed by atoms with Gasteiger partial charge in [-0.2, -0.15) is 13.2 Å². The first-order valence-corrected chi connectivity index (χ1v) is 10.9. The van der Waals surface area contributed by atoms with Gasteiger partial charge in [-0.15, -0.1) is 0 Å². The van der Waals surface area contributed by atoms with Gasteiger partial charge in [-0.3, -0.25) is 0 Å². The van der Waals surface area contributed by atoms with Gasteiger partial charge in [0.1, 0.15) is 5.78 Å². The highest BCUT2D eigenvalue weighted by Crippen LogP contribution is 2.34. The van der Waals surface area contributed by atoms with Gasteiger partial charge in [-0.25, -0.2) is 0 Å². The number of halogens is 3. The number of ketones is 1. The van der Waals surface area contributed by atoms with E-state index < -0.39 is 19.8 Å². The lowest BCUT2D eigenvalue weighted by Gasteiger charge is -2.33. The van der Waals surface area contributed by atoms with Crippen LogP contribution >= 0.6 is 0 Å². The molecule has 0 radical (unpaired) electrons. The van der Waals surface area contributed by atoms with Gasteiger partial charge in [0.05, 0.1) is 13.6 Å². The molecule has 0 aliphatic heterocycles. The maximum atomic E-state index is 12.8. The third-order valence-corrected chi connectivity index (χ3v) is 8.62. The van der Waals surface area contributed by atoms with Crippen molar-refractivity contribution < 1.29 is 18.0 Å². The zero-order chi connectivity index (χ0) is 18.0. The molecule has 0 N–H and O–H groups in total. The number of Topliss-reactive ketones (excluding diaryl/α,β-unsaturated/α-hetero) is 1. The third kappa shape index (κ3) is 4.14. The Labute approximate surface area is 141 Å². The summed E-state index contributed by atoms with van der Waals surface area (Å²) in [5.74, 6) is 0.0522. The molecule has 0 aliphatic carbocycles. The van der Waals surface area contributed by atoms with Gasteiger partial charge in [-0.1, -0.05) is 60.7 Å². The molecule has 2 aromatic carbocycles. The summed E-state index contributed by atoms with van der Waals surface area (Å²) in [4.78, 5) is 11.8. The lowest BCUT2D eigenvalue weighted by Crippen LogP contribution is -2.48. The van der Waals surface area contributed by atoms with E-state index in [1.165, 1.54) is 24.2 Å². The molecule has 0 unspecified atom stereocenters. The Kier molecular flexibility index (Phi) is 5.33. The van der Waals surface area contributed by atoms with Crippen LogP contribution in [-0.2, 0) is 11.0 Å². The molecule has 0 saturated carbocycles. The summed E-state index contributed by atoms with van der Waals surface area (Å²) in [5, 5.41) is 1.19. The minimum atomic E-state index is -4.35. The Morgan fingerprint density at radius 3 is 2.00 bits per heavy atom. The van der Waals surface area contributed by atoms with E-state index in [1.807, 2.05) is 30.3 Å². The molecule has 0 amide bonds. The number of alkyl halides is 3. The number of carbonyl (C=O) groups excluding carboxylic acids is 1. The molecule has 128 valence electrons. The highest BCUT2D eigenvalue weighted by atomic mass is 28.3. The summed E-state index contributed by atoms with van der Waals surface area (Å²) in [6.45, 7) is 5.85. The Balaban J connectivity index is 2.44. The lowest BCUT2D eigenvalue weighted by atomic mass is 10.0. The summed E-state index contributed by atoms with van der Waals surface area (Å²) in [7, 11) is -2.08. The fourth-order valence-corrected chi connectivity index (χ4v) is 6.33. The largest absolute Gasteiger partial charge is 0.416 e. The van der Waals surface area contributed by atoms with E-state index in [2.05, 4.69) is 13.1 Å². The van der Waals surface area contributed by atoms with E-state index in [0.717, 1.165) is 17.7 Å². The molecule has 0 aromatic heterocycles. The van der Waals surface area contributed by atoms with Crippen LogP contribution in [0.1, 0.15) is 30.0 Å². The van der Waals surface area contributed by atoms with E-state index in [1.54, 1.807) is 0 Å². The predicted octanol–water partition coefficient (Wildman–Crippen LogP) is 4.92. The van der Waals surface area contributed by atoms with Crippen molar-refractivity contribution in [1.29, 1.82) is 0 Å². The molecule has 0 fully saturated rings. The Morgan fingerprint density at radius 2 is 1.54 bits per heavy atom. The standard InChI is InChI=1S/C19H21F3OSi/c1-14(23)13-18(24(2,3)17-7-5-4-6-8-17)15-9-11-16(12-10-15)19(20,21)22/h4-12,18H,13H2,1-3H3/t18-/m1/s1. The van der Waals surface area contributed by atoms with Crippen molar-refractivity contribution in [1.82, 2.24) is 0 Å². The van der Waals surface area contributed by atoms with Crippen molar-refractivity contribution >= 4 is 19.0 Å². The Morgan fingerprint density at radius 1 is 1.00 bits per heavy atom. The topological polar surface area (TPSA) is 17.1 Å². The van der Waals surface area contributed by atoms with Crippen molar-refractivity contribution in [3.63, 3.8) is 0 Å². The van der Waals surface area contributed by atoms with Crippen LogP contribution in [0.4, 0.5) is 13.2 Å². The highest BCUT2D eigenvalue weighted by Gasteiger charge is 2.36. The van der Waals surface area contributed by atoms with Crippen LogP contribution in [-0.4, -0.2) is 13.9 Å². The predicted molar refractivity (Wildman–Crippen MR) is 93.0 cm³/mol. The van der Waals surface area contributed by atoms with E-state index >= 15 is 0 Å². The van der Waals surface area contributed by atoms with E-state index in [4.69, 9.17) is 0 Å². The molecule has 1 atom stereocenters. The number of benzene rings is 2. The van der Waals surface area contributed by atoms with Crippen molar-refractivity contribution in [3.05, 3.63) is 65.7 Å². The second-order valence-corrected chi connectivity index (χ2v) is 11.4. The monoisotopic (exact) mass is 350 g/mol. The van der Waals surface area contributed by atoms with Crippen molar-refractivity contribution in [2.75, 3.05) is 0 Å². The van der Waals surface area contributed by atoms with Gasteiger partial charge in [-0.05, 0) is 30.2 Å². The van der Waals surface area contributed by atoms with Crippen LogP contribution in [0.25, 0.3) is 0 Å². The first-order valence-electron chi connectivity index (χ1n) is 7.84. The molecule has 0 spiro atoms. The SMILES string of the molecule is CC(=O)C[C@H](c1ccc(C(F)(F)F)cc1)[Si](C)(C)c1ccccc1. The molecule has 0 bridgehead atoms. The Bertz CT molecular complexity index is 691. The number of hydrogen-bond acceptors (Lipinski definition) is 1. The van der Waals surface area contributed by atoms with Gasteiger partial charge in [0.2, 0.25) is 0 Å². The molecule has 5 heteroatoms. The molecule has 2 rings (SSSR count). The normalized spacial score (nSPS) is 13.6. The van der Waals surface area contributed by atoms with Gasteiger partial charge in [0.15, 0.2) is 0 Å². The average Bonchev–Trinajstić information content (AvgIpc) is 2.52. The lowest BCUT2D eigenvalue weighted by molar-refractivity contribution is -0.137. The first kappa shape index (κ1) is 18.5. The smallest absolute Gasteiger partial charge is 0.300 e. The van der Waals surface area contributed by atoms with Crippen LogP contribution in [0.5, 0.6) is 0 Å². The highest BCUT2D eigenvalue weighted by molar-refractivity contribution is 6.91. The first-order chi connectivity index (χ1) is 11.1. The summed E-state index contributed by atoms with van der Waals surface area (Å²) in [6, 6.07) is 15.2. The maximum Gasteiger partial charge on any atom is 0.416 e. The van der Waals surface area contributed by atoms with Crippen LogP contribution in [0, 0.1) is 0 Å². The number of hydrogen-bond donors (Lipinski definition) is 0. The van der Waals surface area contributed by atoms with Crippen molar-refractivity contribution in [2.24, 2.45) is 0 Å². The quantitative estimate of drug-likeness (QED) is 0.699. The summed E-state index contributed by atoms with van der Waals surface area (Å²) < 4.78 is 38.4. The molecule has 24 heavy (non-hydrogen) atoms. The van der Waals surface area contributed by atoms with Crippen LogP contribution in [0.3, 0.4) is 0 Å². The molecular weight excluding hydrogens is 329 g/mol. The van der Waals surface area contributed by atoms with Gasteiger partial charge < -0.3 is 4.79 Å². The second-order valence-electron chi connectivity index (χ2n) is 6.67. The zero-order valence-corrected chi connectivity index (χ0v) is 15.0. The minimum Gasteiger partial charge on any atom is -0.300 e. The average molecular weight is 350 g/mol. The fraction of sp³-hybridized carbons (Fsp3) is 0.316. The number of carbonyl (C=O) groups is 1. The Hall–Kier alpha value is -1.88. The van der Waals surface area contributed by atoms with Crippen LogP contribution in [0.2, 0.25) is 13.1 Å². The summed E-state index contributed by atoms with van der Waals surface area (Å²) >= 11 is 0. The minimum absolute atomic E-state index is 0.0522. The van der Waals surface area contributed by atoms with Crippen molar-refractivity contribution in [3.8, 4) is 0 Å². The van der Waals surface area contributed by atoms with Gasteiger partial charge in [0.25, 0.3) is 0 Å². The van der Waals surface area contributed by atoms with Crippen LogP contribution in [0.15, 0.2) is 54.6 Å². The molecule has 0 aliphatic rings. The van der Waals surface area contributed by atoms with Crippen LogP contribution < -0.4 is 5.19 Å². The van der Waals surface area contributed by atoms with E-state index in [-0.39, 0.29) is 11.3 Å². The van der Waals surface area contributed by atoms with Gasteiger partial charge in [0, 0.05) is 6.42 Å². The fourth-order valence-electron chi connectivity index (χ4n) is 3.05. The summed E-state index contributed by atoms with van der Waals surface area (Å²) in [6.07, 6.45) is -4.00. The molecular formula is C19H21F3OSi. The van der Waals surface area contributed by atoms with Crippen molar-refractivity contribution in [2.45, 2.75) is 38.2 Å². The van der Waals surface area contributed by atoms with E-state index in [0.29, 0.717) is 6.42 Å². The van der Waals surface area contributed by atoms with Gasteiger partial charge >= 0.3 is 6.18 Å². The van der Waals surface area contributed by atoms with E-state index in [9.17, 15) is 18.0 Å².